The van der Waals surface area contributed by atoms with Gasteiger partial charge in [-0.05, 0) is 49.8 Å². The molecular formula is C21H20N4O4. The molecule has 3 rings (SSSR count). The molecule has 0 saturated carbocycles. The molecule has 8 nitrogen and oxygen atoms in total. The zero-order valence-electron chi connectivity index (χ0n) is 16.0. The molecule has 0 unspecified atom stereocenters. The Morgan fingerprint density at radius 2 is 1.97 bits per heavy atom. The molecule has 0 saturated heterocycles. The monoisotopic (exact) mass is 392 g/mol. The fraction of sp³-hybridized carbons (Fsp3) is 0.143. The van der Waals surface area contributed by atoms with Crippen LogP contribution in [0, 0.1) is 0 Å². The van der Waals surface area contributed by atoms with E-state index in [0.29, 0.717) is 28.3 Å². The molecule has 1 heterocycles. The number of amides is 2. The quantitative estimate of drug-likeness (QED) is 0.397. The lowest BCUT2D eigenvalue weighted by Gasteiger charge is -2.07. The lowest BCUT2D eigenvalue weighted by molar-refractivity contribution is -0.123. The van der Waals surface area contributed by atoms with Crippen LogP contribution in [0.2, 0.25) is 0 Å². The average molecular weight is 392 g/mol. The predicted molar refractivity (Wildman–Crippen MR) is 110 cm³/mol. The highest BCUT2D eigenvalue weighted by atomic mass is 16.5. The molecule has 0 fully saturated rings. The van der Waals surface area contributed by atoms with Crippen LogP contribution in [0.25, 0.3) is 6.08 Å². The van der Waals surface area contributed by atoms with E-state index in [1.54, 1.807) is 68.5 Å². The Bertz CT molecular complexity index is 1020. The molecule has 1 aliphatic heterocycles. The molecule has 1 aliphatic rings. The van der Waals surface area contributed by atoms with Crippen molar-refractivity contribution in [3.05, 3.63) is 65.2 Å². The first-order valence-electron chi connectivity index (χ1n) is 8.85. The number of para-hydroxylation sites is 1. The van der Waals surface area contributed by atoms with Crippen molar-refractivity contribution in [2.24, 2.45) is 10.2 Å². The molecule has 3 N–H and O–H groups in total. The van der Waals surface area contributed by atoms with Crippen LogP contribution < -0.4 is 15.6 Å². The van der Waals surface area contributed by atoms with Crippen molar-refractivity contribution >= 4 is 29.3 Å². The molecule has 148 valence electrons. The van der Waals surface area contributed by atoms with E-state index in [2.05, 4.69) is 21.1 Å². The molecule has 0 radical (unpaired) electrons. The molecule has 29 heavy (non-hydrogen) atoms. The number of ether oxygens (including phenoxy) is 1. The van der Waals surface area contributed by atoms with E-state index in [0.717, 1.165) is 5.56 Å². The highest BCUT2D eigenvalue weighted by molar-refractivity contribution is 6.26. The Labute approximate surface area is 167 Å². The van der Waals surface area contributed by atoms with Gasteiger partial charge in [-0.15, -0.1) is 0 Å². The van der Waals surface area contributed by atoms with Gasteiger partial charge in [-0.2, -0.15) is 10.2 Å². The fourth-order valence-electron chi connectivity index (χ4n) is 2.58. The first-order valence-corrected chi connectivity index (χ1v) is 8.85. The molecule has 2 amide bonds. The zero-order valence-corrected chi connectivity index (χ0v) is 16.0. The SMILES string of the molecule is CC1=NNC(=O)/C1=C\c1ccc(OCC(=O)N/N=C(\C)c2ccccc2O)cc1. The number of carbonyl (C=O) groups excluding carboxylic acids is 2. The topological polar surface area (TPSA) is 112 Å². The van der Waals surface area contributed by atoms with Gasteiger partial charge in [-0.25, -0.2) is 10.9 Å². The van der Waals surface area contributed by atoms with Crippen LogP contribution in [0.1, 0.15) is 25.0 Å². The van der Waals surface area contributed by atoms with Gasteiger partial charge < -0.3 is 9.84 Å². The van der Waals surface area contributed by atoms with E-state index in [1.165, 1.54) is 0 Å². The summed E-state index contributed by atoms with van der Waals surface area (Å²) in [7, 11) is 0. The van der Waals surface area contributed by atoms with Crippen LogP contribution in [0.3, 0.4) is 0 Å². The van der Waals surface area contributed by atoms with Crippen molar-refractivity contribution < 1.29 is 19.4 Å². The molecular weight excluding hydrogens is 372 g/mol. The molecule has 0 bridgehead atoms. The number of hydrogen-bond acceptors (Lipinski definition) is 6. The van der Waals surface area contributed by atoms with Crippen LogP contribution in [0.15, 0.2) is 64.3 Å². The van der Waals surface area contributed by atoms with Crippen molar-refractivity contribution in [3.63, 3.8) is 0 Å². The van der Waals surface area contributed by atoms with Crippen LogP contribution in [-0.2, 0) is 9.59 Å². The average Bonchev–Trinajstić information content (AvgIpc) is 3.04. The predicted octanol–water partition coefficient (Wildman–Crippen LogP) is 2.20. The minimum absolute atomic E-state index is 0.0888. The number of aromatic hydroxyl groups is 1. The van der Waals surface area contributed by atoms with Crippen LogP contribution >= 0.6 is 0 Å². The van der Waals surface area contributed by atoms with Gasteiger partial charge in [-0.3, -0.25) is 9.59 Å². The van der Waals surface area contributed by atoms with Gasteiger partial charge in [-0.1, -0.05) is 24.3 Å². The highest BCUT2D eigenvalue weighted by Gasteiger charge is 2.18. The van der Waals surface area contributed by atoms with Crippen molar-refractivity contribution in [1.82, 2.24) is 10.9 Å². The number of hydrazone groups is 2. The normalized spacial score (nSPS) is 15.1. The van der Waals surface area contributed by atoms with E-state index in [9.17, 15) is 14.7 Å². The molecule has 0 aromatic heterocycles. The maximum Gasteiger partial charge on any atom is 0.277 e. The number of phenols is 1. The zero-order chi connectivity index (χ0) is 20.8. The second kappa shape index (κ2) is 8.83. The summed E-state index contributed by atoms with van der Waals surface area (Å²) in [5, 5.41) is 17.6. The maximum atomic E-state index is 11.9. The van der Waals surface area contributed by atoms with E-state index >= 15 is 0 Å². The minimum Gasteiger partial charge on any atom is -0.507 e. The number of nitrogens with one attached hydrogen (secondary N) is 2. The van der Waals surface area contributed by atoms with Gasteiger partial charge in [0.15, 0.2) is 6.61 Å². The van der Waals surface area contributed by atoms with Crippen LogP contribution in [-0.4, -0.2) is 35.0 Å². The third-order valence-corrected chi connectivity index (χ3v) is 4.16. The van der Waals surface area contributed by atoms with Crippen molar-refractivity contribution in [1.29, 1.82) is 0 Å². The number of carbonyl (C=O) groups is 2. The summed E-state index contributed by atoms with van der Waals surface area (Å²) in [6.07, 6.45) is 1.73. The first-order chi connectivity index (χ1) is 13.9. The lowest BCUT2D eigenvalue weighted by atomic mass is 10.1. The van der Waals surface area contributed by atoms with Crippen molar-refractivity contribution in [2.75, 3.05) is 6.61 Å². The Morgan fingerprint density at radius 1 is 1.24 bits per heavy atom. The minimum atomic E-state index is -0.430. The Morgan fingerprint density at radius 3 is 2.62 bits per heavy atom. The second-order valence-corrected chi connectivity index (χ2v) is 6.30. The standard InChI is InChI=1S/C21H20N4O4/c1-13(17-5-3-4-6-19(17)26)22-24-20(27)12-29-16-9-7-15(8-10-16)11-18-14(2)23-25-21(18)28/h3-11,26H,12H2,1-2H3,(H,24,27)(H,25,28)/b18-11-,22-13+. The molecule has 0 aliphatic carbocycles. The van der Waals surface area contributed by atoms with Gasteiger partial charge >= 0.3 is 0 Å². The smallest absolute Gasteiger partial charge is 0.277 e. The largest absolute Gasteiger partial charge is 0.507 e. The molecule has 8 heteroatoms. The van der Waals surface area contributed by atoms with Gasteiger partial charge in [0.1, 0.15) is 11.5 Å². The molecule has 2 aromatic carbocycles. The fourth-order valence-corrected chi connectivity index (χ4v) is 2.58. The van der Waals surface area contributed by atoms with E-state index in [1.807, 2.05) is 0 Å². The van der Waals surface area contributed by atoms with E-state index in [-0.39, 0.29) is 18.3 Å². The van der Waals surface area contributed by atoms with Gasteiger partial charge in [0.2, 0.25) is 0 Å². The Balaban J connectivity index is 1.54. The number of benzene rings is 2. The van der Waals surface area contributed by atoms with Gasteiger partial charge in [0, 0.05) is 5.56 Å². The third kappa shape index (κ3) is 5.07. The number of rotatable bonds is 6. The van der Waals surface area contributed by atoms with Gasteiger partial charge in [0.05, 0.1) is 17.0 Å². The number of nitrogens with zero attached hydrogens (tertiary/aromatic N) is 2. The lowest BCUT2D eigenvalue weighted by Crippen LogP contribution is -2.25. The second-order valence-electron chi connectivity index (χ2n) is 6.30. The Kier molecular flexibility index (Phi) is 6.03. The summed E-state index contributed by atoms with van der Waals surface area (Å²) < 4.78 is 5.44. The summed E-state index contributed by atoms with van der Waals surface area (Å²) >= 11 is 0. The molecule has 0 atom stereocenters. The van der Waals surface area contributed by atoms with Gasteiger partial charge in [0.25, 0.3) is 11.8 Å². The summed E-state index contributed by atoms with van der Waals surface area (Å²) in [4.78, 5) is 23.6. The van der Waals surface area contributed by atoms with Crippen LogP contribution in [0.5, 0.6) is 11.5 Å². The number of phenolic OH excluding ortho intramolecular Hbond substituents is 1. The third-order valence-electron chi connectivity index (χ3n) is 4.16. The summed E-state index contributed by atoms with van der Waals surface area (Å²) in [6.45, 7) is 3.22. The molecule has 0 spiro atoms. The van der Waals surface area contributed by atoms with Crippen molar-refractivity contribution in [3.8, 4) is 11.5 Å². The summed E-state index contributed by atoms with van der Waals surface area (Å²) in [5.41, 5.74) is 7.76. The highest BCUT2D eigenvalue weighted by Crippen LogP contribution is 2.17. The van der Waals surface area contributed by atoms with Crippen molar-refractivity contribution in [2.45, 2.75) is 13.8 Å². The number of hydrogen-bond donors (Lipinski definition) is 3. The van der Waals surface area contributed by atoms with Crippen LogP contribution in [0.4, 0.5) is 0 Å². The summed E-state index contributed by atoms with van der Waals surface area (Å²) in [5.74, 6) is -0.0737. The van der Waals surface area contributed by atoms with E-state index in [4.69, 9.17) is 4.74 Å². The Hall–Kier alpha value is -3.94. The molecule has 2 aromatic rings. The van der Waals surface area contributed by atoms with E-state index < -0.39 is 5.91 Å². The maximum absolute atomic E-state index is 11.9. The summed E-state index contributed by atoms with van der Waals surface area (Å²) in [6, 6.07) is 13.7. The first kappa shape index (κ1) is 19.8.